The summed E-state index contributed by atoms with van der Waals surface area (Å²) >= 11 is 1.89. The third-order valence-electron chi connectivity index (χ3n) is 8.50. The molecule has 0 unspecified atom stereocenters. The third kappa shape index (κ3) is 4.38. The minimum absolute atomic E-state index is 0.658. The van der Waals surface area contributed by atoms with Crippen LogP contribution in [-0.2, 0) is 0 Å². The average molecular weight is 592 g/mol. The highest BCUT2D eigenvalue weighted by Gasteiger charge is 2.16. The van der Waals surface area contributed by atoms with Crippen molar-refractivity contribution in [2.24, 2.45) is 0 Å². The van der Waals surface area contributed by atoms with Gasteiger partial charge in [-0.1, -0.05) is 146 Å². The van der Waals surface area contributed by atoms with Crippen LogP contribution >= 0.6 is 11.3 Å². The molecule has 0 fully saturated rings. The molecule has 0 aliphatic carbocycles. The van der Waals surface area contributed by atoms with Crippen molar-refractivity contribution in [3.63, 3.8) is 0 Å². The first kappa shape index (κ1) is 25.8. The van der Waals surface area contributed by atoms with Crippen LogP contribution in [0.1, 0.15) is 0 Å². The SMILES string of the molecule is c1ccc(-c2nc(-c3ccccc3)nc(-c3cccc(-c4cccc5c4sc4c5ccc5ccc6ccccc6c54)c3)n2)cc1. The molecule has 0 saturated carbocycles. The lowest BCUT2D eigenvalue weighted by Crippen LogP contribution is -2.00. The Kier molecular flexibility index (Phi) is 6.00. The van der Waals surface area contributed by atoms with Crippen molar-refractivity contribution >= 4 is 53.1 Å². The fraction of sp³-hybridized carbons (Fsp3) is 0. The van der Waals surface area contributed by atoms with Gasteiger partial charge in [-0.15, -0.1) is 11.3 Å². The summed E-state index contributed by atoms with van der Waals surface area (Å²) in [5.74, 6) is 1.98. The Bertz CT molecular complexity index is 2480. The summed E-state index contributed by atoms with van der Waals surface area (Å²) in [6.07, 6.45) is 0. The molecule has 0 aliphatic heterocycles. The quantitative estimate of drug-likeness (QED) is 0.191. The van der Waals surface area contributed by atoms with Gasteiger partial charge in [0.1, 0.15) is 0 Å². The van der Waals surface area contributed by atoms with Gasteiger partial charge < -0.3 is 0 Å². The van der Waals surface area contributed by atoms with Gasteiger partial charge in [-0.2, -0.15) is 0 Å². The monoisotopic (exact) mass is 591 g/mol. The lowest BCUT2D eigenvalue weighted by atomic mass is 9.98. The van der Waals surface area contributed by atoms with Crippen molar-refractivity contribution in [3.05, 3.63) is 152 Å². The topological polar surface area (TPSA) is 38.7 Å². The molecule has 210 valence electrons. The number of hydrogen-bond acceptors (Lipinski definition) is 4. The van der Waals surface area contributed by atoms with Crippen molar-refractivity contribution in [3.8, 4) is 45.3 Å². The van der Waals surface area contributed by atoms with E-state index >= 15 is 0 Å². The first-order valence-electron chi connectivity index (χ1n) is 15.0. The van der Waals surface area contributed by atoms with E-state index in [-0.39, 0.29) is 0 Å². The lowest BCUT2D eigenvalue weighted by Gasteiger charge is -2.10. The fourth-order valence-corrected chi connectivity index (χ4v) is 7.74. The summed E-state index contributed by atoms with van der Waals surface area (Å²) in [4.78, 5) is 14.8. The maximum atomic E-state index is 4.97. The van der Waals surface area contributed by atoms with Gasteiger partial charge in [0.05, 0.1) is 0 Å². The summed E-state index contributed by atoms with van der Waals surface area (Å²) in [5.41, 5.74) is 5.23. The summed E-state index contributed by atoms with van der Waals surface area (Å²) in [6, 6.07) is 53.2. The predicted molar refractivity (Wildman–Crippen MR) is 189 cm³/mol. The first-order valence-corrected chi connectivity index (χ1v) is 15.9. The minimum Gasteiger partial charge on any atom is -0.208 e. The normalized spacial score (nSPS) is 11.6. The molecule has 2 heterocycles. The molecular formula is C41H25N3S. The first-order chi connectivity index (χ1) is 22.3. The molecule has 2 aromatic heterocycles. The zero-order valence-corrected chi connectivity index (χ0v) is 25.0. The van der Waals surface area contributed by atoms with Gasteiger partial charge >= 0.3 is 0 Å². The van der Waals surface area contributed by atoms with E-state index < -0.39 is 0 Å². The standard InChI is InChI=1S/C41H25N3S/c1-3-12-28(13-4-1)39-42-40(29-14-5-2-6-15-29)44-41(43-39)31-17-9-16-30(25-31)33-19-10-20-34-35-24-23-27-22-21-26-11-7-8-18-32(26)36(27)38(35)45-37(33)34/h1-25H. The van der Waals surface area contributed by atoms with Crippen LogP contribution < -0.4 is 0 Å². The van der Waals surface area contributed by atoms with E-state index in [4.69, 9.17) is 15.0 Å². The maximum Gasteiger partial charge on any atom is 0.164 e. The molecule has 0 aliphatic rings. The second kappa shape index (κ2) is 10.5. The van der Waals surface area contributed by atoms with E-state index in [1.54, 1.807) is 0 Å². The Hall–Kier alpha value is -5.71. The molecule has 9 aromatic rings. The van der Waals surface area contributed by atoms with E-state index in [9.17, 15) is 0 Å². The molecule has 0 amide bonds. The Morgan fingerprint density at radius 3 is 1.64 bits per heavy atom. The highest BCUT2D eigenvalue weighted by atomic mass is 32.1. The van der Waals surface area contributed by atoms with E-state index in [2.05, 4.69) is 91.0 Å². The van der Waals surface area contributed by atoms with E-state index in [1.165, 1.54) is 47.3 Å². The number of fused-ring (bicyclic) bond motifs is 7. The van der Waals surface area contributed by atoms with Gasteiger partial charge in [-0.05, 0) is 33.4 Å². The molecule has 45 heavy (non-hydrogen) atoms. The van der Waals surface area contributed by atoms with Gasteiger partial charge in [0, 0.05) is 42.2 Å². The molecule has 0 atom stereocenters. The Labute approximate surface area is 264 Å². The Morgan fingerprint density at radius 2 is 0.889 bits per heavy atom. The van der Waals surface area contributed by atoms with Crippen molar-refractivity contribution < 1.29 is 0 Å². The van der Waals surface area contributed by atoms with Crippen LogP contribution in [0.3, 0.4) is 0 Å². The molecule has 0 saturated heterocycles. The largest absolute Gasteiger partial charge is 0.208 e. The van der Waals surface area contributed by atoms with Crippen LogP contribution in [0.5, 0.6) is 0 Å². The molecule has 0 bridgehead atoms. The average Bonchev–Trinajstić information content (AvgIpc) is 3.51. The highest BCUT2D eigenvalue weighted by molar-refractivity contribution is 7.27. The number of nitrogens with zero attached hydrogens (tertiary/aromatic N) is 3. The molecule has 7 aromatic carbocycles. The van der Waals surface area contributed by atoms with E-state index in [0.29, 0.717) is 17.5 Å². The van der Waals surface area contributed by atoms with Gasteiger partial charge in [0.15, 0.2) is 17.5 Å². The fourth-order valence-electron chi connectivity index (χ4n) is 6.33. The van der Waals surface area contributed by atoms with Gasteiger partial charge in [0.2, 0.25) is 0 Å². The Morgan fingerprint density at radius 1 is 0.356 bits per heavy atom. The molecule has 4 heteroatoms. The summed E-state index contributed by atoms with van der Waals surface area (Å²) in [6.45, 7) is 0. The molecule has 9 rings (SSSR count). The van der Waals surface area contributed by atoms with Crippen LogP contribution in [-0.4, -0.2) is 15.0 Å². The van der Waals surface area contributed by atoms with Gasteiger partial charge in [-0.25, -0.2) is 15.0 Å². The molecule has 0 spiro atoms. The van der Waals surface area contributed by atoms with Crippen molar-refractivity contribution in [2.45, 2.75) is 0 Å². The van der Waals surface area contributed by atoms with Crippen molar-refractivity contribution in [1.29, 1.82) is 0 Å². The van der Waals surface area contributed by atoms with Crippen LogP contribution in [0.25, 0.3) is 87.0 Å². The number of benzene rings is 7. The number of rotatable bonds is 4. The van der Waals surface area contributed by atoms with E-state index in [0.717, 1.165) is 22.3 Å². The van der Waals surface area contributed by atoms with Crippen LogP contribution in [0.15, 0.2) is 152 Å². The van der Waals surface area contributed by atoms with Crippen LogP contribution in [0, 0.1) is 0 Å². The van der Waals surface area contributed by atoms with Gasteiger partial charge in [0.25, 0.3) is 0 Å². The smallest absolute Gasteiger partial charge is 0.164 e. The minimum atomic E-state index is 0.658. The molecule has 0 N–H and O–H groups in total. The van der Waals surface area contributed by atoms with Crippen molar-refractivity contribution in [2.75, 3.05) is 0 Å². The van der Waals surface area contributed by atoms with Crippen LogP contribution in [0.4, 0.5) is 0 Å². The molecular weight excluding hydrogens is 567 g/mol. The number of hydrogen-bond donors (Lipinski definition) is 0. The second-order valence-electron chi connectivity index (χ2n) is 11.2. The third-order valence-corrected chi connectivity index (χ3v) is 9.78. The number of aromatic nitrogens is 3. The predicted octanol–water partition coefficient (Wildman–Crippen LogP) is 11.2. The second-order valence-corrected chi connectivity index (χ2v) is 12.3. The zero-order chi connectivity index (χ0) is 29.7. The van der Waals surface area contributed by atoms with Crippen LogP contribution in [0.2, 0.25) is 0 Å². The number of thiophene rings is 1. The Balaban J connectivity index is 1.23. The highest BCUT2D eigenvalue weighted by Crippen LogP contribution is 2.44. The molecule has 0 radical (unpaired) electrons. The summed E-state index contributed by atoms with van der Waals surface area (Å²) in [5, 5.41) is 7.76. The molecule has 3 nitrogen and oxygen atoms in total. The summed E-state index contributed by atoms with van der Waals surface area (Å²) < 4.78 is 2.62. The van der Waals surface area contributed by atoms with E-state index in [1.807, 2.05) is 72.0 Å². The zero-order valence-electron chi connectivity index (χ0n) is 24.2. The van der Waals surface area contributed by atoms with Crippen molar-refractivity contribution in [1.82, 2.24) is 15.0 Å². The maximum absolute atomic E-state index is 4.97. The summed E-state index contributed by atoms with van der Waals surface area (Å²) in [7, 11) is 0. The lowest BCUT2D eigenvalue weighted by molar-refractivity contribution is 1.07. The van der Waals surface area contributed by atoms with Gasteiger partial charge in [-0.3, -0.25) is 0 Å².